The highest BCUT2D eigenvalue weighted by atomic mass is 16.5. The fourth-order valence-corrected chi connectivity index (χ4v) is 4.04. The zero-order valence-corrected chi connectivity index (χ0v) is 19.5. The summed E-state index contributed by atoms with van der Waals surface area (Å²) in [6.45, 7) is 4.37. The number of hydrogen-bond donors (Lipinski definition) is 2. The molecule has 1 amide bonds. The van der Waals surface area contributed by atoms with Gasteiger partial charge in [0.1, 0.15) is 18.1 Å². The van der Waals surface area contributed by atoms with Crippen LogP contribution in [0.3, 0.4) is 0 Å². The van der Waals surface area contributed by atoms with Crippen LogP contribution in [-0.4, -0.2) is 37.4 Å². The van der Waals surface area contributed by atoms with Gasteiger partial charge in [-0.2, -0.15) is 0 Å². The Morgan fingerprint density at radius 1 is 0.941 bits per heavy atom. The lowest BCUT2D eigenvalue weighted by Crippen LogP contribution is -2.35. The molecule has 176 valence electrons. The lowest BCUT2D eigenvalue weighted by molar-refractivity contribution is -0.116. The minimum atomic E-state index is -0.0552. The smallest absolute Gasteiger partial charge is 0.228 e. The first-order valence-electron chi connectivity index (χ1n) is 11.7. The summed E-state index contributed by atoms with van der Waals surface area (Å²) in [5.74, 6) is 0.885. The van der Waals surface area contributed by atoms with Crippen LogP contribution in [0.1, 0.15) is 24.5 Å². The summed E-state index contributed by atoms with van der Waals surface area (Å²) in [5.41, 5.74) is 3.95. The quantitative estimate of drug-likeness (QED) is 0.477. The van der Waals surface area contributed by atoms with Crippen molar-refractivity contribution in [3.05, 3.63) is 90.0 Å². The van der Waals surface area contributed by atoms with Crippen LogP contribution >= 0.6 is 0 Å². The monoisotopic (exact) mass is 457 g/mol. The molecule has 3 aromatic rings. The van der Waals surface area contributed by atoms with Gasteiger partial charge in [0.15, 0.2) is 0 Å². The van der Waals surface area contributed by atoms with Gasteiger partial charge in [0.25, 0.3) is 0 Å². The van der Waals surface area contributed by atoms with E-state index < -0.39 is 0 Å². The van der Waals surface area contributed by atoms with Crippen LogP contribution in [0.15, 0.2) is 78.9 Å². The second-order valence-corrected chi connectivity index (χ2v) is 8.70. The molecule has 2 N–H and O–H groups in total. The molecular weight excluding hydrogens is 426 g/mol. The van der Waals surface area contributed by atoms with Gasteiger partial charge in [-0.3, -0.25) is 9.59 Å². The van der Waals surface area contributed by atoms with Crippen molar-refractivity contribution in [2.45, 2.75) is 32.4 Å². The standard InChI is InChI=1S/C28H31N3O3/c1-21(32)18-29-25-15-16-31(19-25)26-11-9-24(10-12-26)30-28(33)17-22-7-13-27(14-8-22)34-20-23-5-3-2-4-6-23/h2-14,25,29H,15-20H2,1H3,(H,30,33). The third-order valence-electron chi connectivity index (χ3n) is 5.88. The molecular formula is C28H31N3O3. The maximum Gasteiger partial charge on any atom is 0.228 e. The molecule has 6 nitrogen and oxygen atoms in total. The molecule has 1 atom stereocenters. The zero-order chi connectivity index (χ0) is 23.8. The van der Waals surface area contributed by atoms with Crippen molar-refractivity contribution in [2.75, 3.05) is 29.9 Å². The molecule has 0 radical (unpaired) electrons. The van der Waals surface area contributed by atoms with Crippen LogP contribution in [0.4, 0.5) is 11.4 Å². The van der Waals surface area contributed by atoms with E-state index in [2.05, 4.69) is 15.5 Å². The maximum absolute atomic E-state index is 12.5. The summed E-state index contributed by atoms with van der Waals surface area (Å²) >= 11 is 0. The van der Waals surface area contributed by atoms with Crippen molar-refractivity contribution < 1.29 is 14.3 Å². The van der Waals surface area contributed by atoms with Gasteiger partial charge in [-0.05, 0) is 60.9 Å². The van der Waals surface area contributed by atoms with Crippen molar-refractivity contribution >= 4 is 23.1 Å². The molecule has 0 bridgehead atoms. The Kier molecular flexibility index (Phi) is 7.94. The van der Waals surface area contributed by atoms with E-state index in [4.69, 9.17) is 4.74 Å². The number of anilines is 2. The molecule has 0 saturated carbocycles. The van der Waals surface area contributed by atoms with Crippen LogP contribution in [0, 0.1) is 0 Å². The predicted molar refractivity (Wildman–Crippen MR) is 135 cm³/mol. The van der Waals surface area contributed by atoms with Crippen LogP contribution in [-0.2, 0) is 22.6 Å². The third-order valence-corrected chi connectivity index (χ3v) is 5.88. The molecule has 1 fully saturated rings. The van der Waals surface area contributed by atoms with Gasteiger partial charge in [-0.25, -0.2) is 0 Å². The molecule has 1 saturated heterocycles. The van der Waals surface area contributed by atoms with Gasteiger partial charge in [-0.15, -0.1) is 0 Å². The molecule has 3 aromatic carbocycles. The van der Waals surface area contributed by atoms with Crippen molar-refractivity contribution in [2.24, 2.45) is 0 Å². The number of Topliss-reactive ketones (excluding diaryl/α,β-unsaturated/α-hetero) is 1. The van der Waals surface area contributed by atoms with Gasteiger partial charge in [0, 0.05) is 30.5 Å². The van der Waals surface area contributed by atoms with Crippen molar-refractivity contribution in [1.29, 1.82) is 0 Å². The van der Waals surface area contributed by atoms with Crippen LogP contribution in [0.2, 0.25) is 0 Å². The minimum absolute atomic E-state index is 0.0552. The molecule has 34 heavy (non-hydrogen) atoms. The van der Waals surface area contributed by atoms with Gasteiger partial charge in [0.2, 0.25) is 5.91 Å². The average Bonchev–Trinajstić information content (AvgIpc) is 3.32. The molecule has 0 aliphatic carbocycles. The Bertz CT molecular complexity index is 1080. The van der Waals surface area contributed by atoms with E-state index in [1.165, 1.54) is 0 Å². The topological polar surface area (TPSA) is 70.7 Å². The number of ether oxygens (including phenoxy) is 1. The molecule has 4 rings (SSSR count). The van der Waals surface area contributed by atoms with Gasteiger partial charge in [0.05, 0.1) is 13.0 Å². The lowest BCUT2D eigenvalue weighted by Gasteiger charge is -2.19. The van der Waals surface area contributed by atoms with E-state index in [-0.39, 0.29) is 11.7 Å². The molecule has 1 aliphatic rings. The molecule has 1 aliphatic heterocycles. The summed E-state index contributed by atoms with van der Waals surface area (Å²) in [6, 6.07) is 25.9. The molecule has 0 spiro atoms. The normalized spacial score (nSPS) is 15.2. The van der Waals surface area contributed by atoms with E-state index >= 15 is 0 Å². The molecule has 6 heteroatoms. The average molecular weight is 458 g/mol. The summed E-state index contributed by atoms with van der Waals surface area (Å²) in [6.07, 6.45) is 1.32. The highest BCUT2D eigenvalue weighted by Crippen LogP contribution is 2.23. The lowest BCUT2D eigenvalue weighted by atomic mass is 10.1. The second kappa shape index (κ2) is 11.5. The second-order valence-electron chi connectivity index (χ2n) is 8.70. The largest absolute Gasteiger partial charge is 0.489 e. The first kappa shape index (κ1) is 23.5. The van der Waals surface area contributed by atoms with Gasteiger partial charge >= 0.3 is 0 Å². The van der Waals surface area contributed by atoms with E-state index in [0.717, 1.165) is 47.8 Å². The van der Waals surface area contributed by atoms with Crippen LogP contribution in [0.25, 0.3) is 0 Å². The van der Waals surface area contributed by atoms with E-state index in [0.29, 0.717) is 25.6 Å². The van der Waals surface area contributed by atoms with Crippen molar-refractivity contribution in [3.63, 3.8) is 0 Å². The van der Waals surface area contributed by atoms with E-state index in [9.17, 15) is 9.59 Å². The number of nitrogens with zero attached hydrogens (tertiary/aromatic N) is 1. The Morgan fingerprint density at radius 2 is 1.68 bits per heavy atom. The number of carbonyl (C=O) groups excluding carboxylic acids is 2. The Morgan fingerprint density at radius 3 is 2.38 bits per heavy atom. The van der Waals surface area contributed by atoms with Crippen molar-refractivity contribution in [3.8, 4) is 5.75 Å². The third kappa shape index (κ3) is 6.93. The Labute approximate surface area is 200 Å². The number of carbonyl (C=O) groups is 2. The van der Waals surface area contributed by atoms with E-state index in [1.807, 2.05) is 78.9 Å². The Hall–Kier alpha value is -3.64. The summed E-state index contributed by atoms with van der Waals surface area (Å²) in [4.78, 5) is 26.0. The van der Waals surface area contributed by atoms with Crippen molar-refractivity contribution in [1.82, 2.24) is 5.32 Å². The molecule has 0 aromatic heterocycles. The SMILES string of the molecule is CC(=O)CNC1CCN(c2ccc(NC(=O)Cc3ccc(OCc4ccccc4)cc3)cc2)C1. The first-order valence-corrected chi connectivity index (χ1v) is 11.7. The predicted octanol–water partition coefficient (Wildman–Crippen LogP) is 4.20. The first-order chi connectivity index (χ1) is 16.5. The van der Waals surface area contributed by atoms with Crippen LogP contribution in [0.5, 0.6) is 5.75 Å². The van der Waals surface area contributed by atoms with E-state index in [1.54, 1.807) is 6.92 Å². The number of ketones is 1. The summed E-state index contributed by atoms with van der Waals surface area (Å²) in [7, 11) is 0. The Balaban J connectivity index is 1.23. The number of amides is 1. The van der Waals surface area contributed by atoms with Gasteiger partial charge < -0.3 is 20.3 Å². The van der Waals surface area contributed by atoms with Crippen LogP contribution < -0.4 is 20.3 Å². The zero-order valence-electron chi connectivity index (χ0n) is 19.5. The molecule has 1 unspecified atom stereocenters. The highest BCUT2D eigenvalue weighted by molar-refractivity contribution is 5.92. The fourth-order valence-electron chi connectivity index (χ4n) is 4.04. The van der Waals surface area contributed by atoms with Gasteiger partial charge in [-0.1, -0.05) is 42.5 Å². The number of hydrogen-bond acceptors (Lipinski definition) is 5. The molecule has 1 heterocycles. The maximum atomic E-state index is 12.5. The highest BCUT2D eigenvalue weighted by Gasteiger charge is 2.22. The fraction of sp³-hybridized carbons (Fsp3) is 0.286. The summed E-state index contributed by atoms with van der Waals surface area (Å²) in [5, 5.41) is 6.28. The number of benzene rings is 3. The summed E-state index contributed by atoms with van der Waals surface area (Å²) < 4.78 is 5.81. The minimum Gasteiger partial charge on any atom is -0.489 e. The number of rotatable bonds is 10. The number of nitrogens with one attached hydrogen (secondary N) is 2.